The molecule has 0 amide bonds. The van der Waals surface area contributed by atoms with Crippen molar-refractivity contribution in [1.82, 2.24) is 0 Å². The molecule has 0 spiro atoms. The Balaban J connectivity index is 6.32. The third-order valence-corrected chi connectivity index (χ3v) is 3.36. The van der Waals surface area contributed by atoms with Gasteiger partial charge in [-0.25, -0.2) is 0 Å². The van der Waals surface area contributed by atoms with Crippen molar-refractivity contribution < 1.29 is 70.5 Å². The molecule has 0 aliphatic rings. The maximum Gasteiger partial charge on any atom is 0.460 e. The van der Waals surface area contributed by atoms with Crippen LogP contribution in [0.5, 0.6) is 0 Å². The third kappa shape index (κ3) is 3.95. The molecule has 0 rings (SSSR count). The van der Waals surface area contributed by atoms with Crippen LogP contribution >= 0.6 is 0 Å². The minimum atomic E-state index is -8.30. The monoisotopic (exact) mass is 457 g/mol. The van der Waals surface area contributed by atoms with Crippen molar-refractivity contribution in [2.45, 2.75) is 48.1 Å². The Bertz CT molecular complexity index is 559. The van der Waals surface area contributed by atoms with Gasteiger partial charge in [0.15, 0.2) is 0 Å². The van der Waals surface area contributed by atoms with Crippen LogP contribution in [-0.2, 0) is 0 Å². The Kier molecular flexibility index (Phi) is 6.43. The SMILES string of the molecule is C[N+](C)([O-])CCC(F)(F)C(F)(F)C(F)(F)C(F)(F)C(F)(F)C(F)(F)C(F)(F)F. The first-order valence-electron chi connectivity index (χ1n) is 6.58. The highest BCUT2D eigenvalue weighted by atomic mass is 19.4. The van der Waals surface area contributed by atoms with E-state index in [2.05, 4.69) is 0 Å². The lowest BCUT2D eigenvalue weighted by Gasteiger charge is -2.42. The molecule has 0 aromatic carbocycles. The summed E-state index contributed by atoms with van der Waals surface area (Å²) in [5.41, 5.74) is 0. The van der Waals surface area contributed by atoms with E-state index in [0.717, 1.165) is 0 Å². The zero-order valence-corrected chi connectivity index (χ0v) is 13.4. The maximum atomic E-state index is 13.3. The average molecular weight is 457 g/mol. The van der Waals surface area contributed by atoms with E-state index in [4.69, 9.17) is 0 Å². The fraction of sp³-hybridized carbons (Fsp3) is 1.00. The number of hydrogen-bond donors (Lipinski definition) is 0. The Morgan fingerprint density at radius 2 is 0.821 bits per heavy atom. The summed E-state index contributed by atoms with van der Waals surface area (Å²) in [5, 5.41) is 11.0. The van der Waals surface area contributed by atoms with Crippen LogP contribution in [0.15, 0.2) is 0 Å². The standard InChI is InChI=1S/C11H10F15NO/c1-27(2,28)4-3-5(12,13)6(14,15)7(16,17)8(18,19)9(20,21)10(22,23)11(24,25)26/h3-4H2,1-2H3. The number of quaternary nitrogens is 1. The lowest BCUT2D eigenvalue weighted by atomic mass is 9.90. The first-order valence-corrected chi connectivity index (χ1v) is 6.58. The number of halogens is 15. The van der Waals surface area contributed by atoms with Crippen LogP contribution in [0.2, 0.25) is 0 Å². The molecule has 0 heterocycles. The van der Waals surface area contributed by atoms with Crippen molar-refractivity contribution in [3.8, 4) is 0 Å². The fourth-order valence-electron chi connectivity index (χ4n) is 1.57. The molecule has 0 atom stereocenters. The third-order valence-electron chi connectivity index (χ3n) is 3.36. The van der Waals surface area contributed by atoms with E-state index in [0.29, 0.717) is 14.1 Å². The van der Waals surface area contributed by atoms with Gasteiger partial charge in [0.25, 0.3) is 0 Å². The van der Waals surface area contributed by atoms with Gasteiger partial charge in [0, 0.05) is 0 Å². The summed E-state index contributed by atoms with van der Waals surface area (Å²) in [7, 11) is 0.998. The summed E-state index contributed by atoms with van der Waals surface area (Å²) < 4.78 is 191. The molecule has 0 aliphatic carbocycles. The van der Waals surface area contributed by atoms with Crippen molar-refractivity contribution >= 4 is 0 Å². The highest BCUT2D eigenvalue weighted by Crippen LogP contribution is 2.62. The quantitative estimate of drug-likeness (QED) is 0.275. The molecule has 170 valence electrons. The Morgan fingerprint density at radius 3 is 1.11 bits per heavy atom. The second-order valence-electron chi connectivity index (χ2n) is 6.12. The molecule has 0 saturated carbocycles. The molecule has 0 radical (unpaired) electrons. The molecular weight excluding hydrogens is 447 g/mol. The van der Waals surface area contributed by atoms with Gasteiger partial charge in [-0.2, -0.15) is 65.9 Å². The van der Waals surface area contributed by atoms with Gasteiger partial charge in [-0.1, -0.05) is 0 Å². The van der Waals surface area contributed by atoms with Crippen molar-refractivity contribution in [3.63, 3.8) is 0 Å². The molecule has 0 fully saturated rings. The van der Waals surface area contributed by atoms with Crippen molar-refractivity contribution in [2.24, 2.45) is 0 Å². The molecule has 17 heteroatoms. The van der Waals surface area contributed by atoms with Crippen LogP contribution < -0.4 is 0 Å². The Labute approximate surface area is 146 Å². The number of alkyl halides is 15. The summed E-state index contributed by atoms with van der Waals surface area (Å²) >= 11 is 0. The molecule has 28 heavy (non-hydrogen) atoms. The molecule has 0 unspecified atom stereocenters. The zero-order chi connectivity index (χ0) is 23.4. The predicted molar refractivity (Wildman–Crippen MR) is 60.7 cm³/mol. The van der Waals surface area contributed by atoms with Gasteiger partial charge in [-0.3, -0.25) is 0 Å². The van der Waals surface area contributed by atoms with Gasteiger partial charge in [0.05, 0.1) is 27.1 Å². The van der Waals surface area contributed by atoms with Gasteiger partial charge >= 0.3 is 41.7 Å². The highest BCUT2D eigenvalue weighted by molar-refractivity contribution is 5.12. The smallest absolute Gasteiger partial charge is 0.460 e. The van der Waals surface area contributed by atoms with Crippen LogP contribution in [0.3, 0.4) is 0 Å². The zero-order valence-electron chi connectivity index (χ0n) is 13.4. The number of nitrogens with zero attached hydrogens (tertiary/aromatic N) is 1. The fourth-order valence-corrected chi connectivity index (χ4v) is 1.57. The Morgan fingerprint density at radius 1 is 0.536 bits per heavy atom. The van der Waals surface area contributed by atoms with E-state index >= 15 is 0 Å². The van der Waals surface area contributed by atoms with Crippen LogP contribution in [0, 0.1) is 5.21 Å². The van der Waals surface area contributed by atoms with E-state index in [1.807, 2.05) is 0 Å². The summed E-state index contributed by atoms with van der Waals surface area (Å²) in [6.07, 6.45) is -10.2. The summed E-state index contributed by atoms with van der Waals surface area (Å²) in [6, 6.07) is 0. The predicted octanol–water partition coefficient (Wildman–Crippen LogP) is 5.32. The van der Waals surface area contributed by atoms with Gasteiger partial charge < -0.3 is 9.85 Å². The molecule has 2 nitrogen and oxygen atoms in total. The van der Waals surface area contributed by atoms with Gasteiger partial charge in [-0.05, 0) is 0 Å². The average Bonchev–Trinajstić information content (AvgIpc) is 2.42. The lowest BCUT2D eigenvalue weighted by Crippen LogP contribution is -2.72. The normalized spacial score (nSPS) is 16.5. The van der Waals surface area contributed by atoms with Crippen molar-refractivity contribution in [3.05, 3.63) is 5.21 Å². The van der Waals surface area contributed by atoms with E-state index in [1.165, 1.54) is 0 Å². The number of rotatable bonds is 8. The number of hydroxylamine groups is 3. The molecule has 0 aromatic rings. The van der Waals surface area contributed by atoms with Gasteiger partial charge in [0.2, 0.25) is 0 Å². The first kappa shape index (κ1) is 26.9. The minimum Gasteiger partial charge on any atom is -0.633 e. The number of hydrogen-bond acceptors (Lipinski definition) is 1. The second kappa shape index (κ2) is 6.70. The molecule has 0 aromatic heterocycles. The minimum absolute atomic E-state index is 0.499. The topological polar surface area (TPSA) is 23.1 Å². The molecule has 0 N–H and O–H groups in total. The molecule has 0 aliphatic heterocycles. The highest BCUT2D eigenvalue weighted by Gasteiger charge is 2.93. The van der Waals surface area contributed by atoms with E-state index in [1.54, 1.807) is 0 Å². The van der Waals surface area contributed by atoms with E-state index < -0.39 is 59.3 Å². The molecular formula is C11H10F15NO. The van der Waals surface area contributed by atoms with E-state index in [9.17, 15) is 71.1 Å². The van der Waals surface area contributed by atoms with Crippen LogP contribution in [0.4, 0.5) is 65.9 Å². The van der Waals surface area contributed by atoms with Crippen LogP contribution in [-0.4, -0.2) is 67.0 Å². The van der Waals surface area contributed by atoms with Crippen molar-refractivity contribution in [1.29, 1.82) is 0 Å². The summed E-state index contributed by atoms with van der Waals surface area (Å²) in [4.78, 5) is 0. The largest absolute Gasteiger partial charge is 0.633 e. The van der Waals surface area contributed by atoms with Crippen LogP contribution in [0.25, 0.3) is 0 Å². The first-order chi connectivity index (χ1) is 11.7. The Hall–Kier alpha value is -1.13. The van der Waals surface area contributed by atoms with E-state index in [-0.39, 0.29) is 0 Å². The summed E-state index contributed by atoms with van der Waals surface area (Å²) in [5.74, 6) is -46.6. The maximum absolute atomic E-state index is 13.3. The van der Waals surface area contributed by atoms with Crippen LogP contribution in [0.1, 0.15) is 6.42 Å². The van der Waals surface area contributed by atoms with Gasteiger partial charge in [0.1, 0.15) is 0 Å². The molecule has 0 saturated heterocycles. The summed E-state index contributed by atoms with van der Waals surface area (Å²) in [6.45, 7) is -1.67. The van der Waals surface area contributed by atoms with Gasteiger partial charge in [-0.15, -0.1) is 0 Å². The van der Waals surface area contributed by atoms with Crippen molar-refractivity contribution in [2.75, 3.05) is 20.6 Å². The molecule has 0 bridgehead atoms. The lowest BCUT2D eigenvalue weighted by molar-refractivity contribution is -0.841. The second-order valence-corrected chi connectivity index (χ2v) is 6.12.